The van der Waals surface area contributed by atoms with Crippen molar-refractivity contribution in [3.8, 4) is 11.4 Å². The molecule has 9 nitrogen and oxygen atoms in total. The summed E-state index contributed by atoms with van der Waals surface area (Å²) >= 11 is 0. The third kappa shape index (κ3) is 5.30. The Labute approximate surface area is 205 Å². The molecule has 2 aromatic carbocycles. The first-order chi connectivity index (χ1) is 16.6. The molecule has 3 N–H and O–H groups in total. The number of nitrogens with zero attached hydrogens (tertiary/aromatic N) is 5. The fourth-order valence-electron chi connectivity index (χ4n) is 3.88. The first-order valence-electron chi connectivity index (χ1n) is 11.6. The Morgan fingerprint density at radius 1 is 1.14 bits per heavy atom. The van der Waals surface area contributed by atoms with Gasteiger partial charge in [-0.05, 0) is 44.8 Å². The maximum atomic E-state index is 12.6. The molecule has 0 bridgehead atoms. The number of carbonyl (C=O) groups excluding carboxylic acids is 1. The van der Waals surface area contributed by atoms with Crippen LogP contribution < -0.4 is 15.4 Å². The van der Waals surface area contributed by atoms with Crippen molar-refractivity contribution in [3.63, 3.8) is 0 Å². The molecule has 0 spiro atoms. The van der Waals surface area contributed by atoms with Crippen molar-refractivity contribution in [3.05, 3.63) is 60.6 Å². The molecule has 4 rings (SSSR count). The molecule has 0 aliphatic heterocycles. The topological polar surface area (TPSA) is 105 Å². The Balaban J connectivity index is 1.68. The van der Waals surface area contributed by atoms with Crippen LogP contribution in [-0.2, 0) is 5.41 Å². The number of hydrogen-bond donors (Lipinski definition) is 2. The number of fused-ring (bicyclic) bond motifs is 1. The van der Waals surface area contributed by atoms with Crippen molar-refractivity contribution in [1.29, 1.82) is 0 Å². The van der Waals surface area contributed by atoms with E-state index in [1.54, 1.807) is 6.33 Å². The number of H-pyrrole nitrogens is 1. The molecule has 0 unspecified atom stereocenters. The second-order valence-corrected chi connectivity index (χ2v) is 9.82. The van der Waals surface area contributed by atoms with Crippen LogP contribution in [0.5, 0.6) is 5.75 Å². The van der Waals surface area contributed by atoms with Crippen LogP contribution in [0.2, 0.25) is 0 Å². The molecular weight excluding hydrogens is 442 g/mol. The van der Waals surface area contributed by atoms with Crippen LogP contribution >= 0.6 is 0 Å². The van der Waals surface area contributed by atoms with Gasteiger partial charge in [0.25, 0.3) is 0 Å². The number of amides is 2. The molecule has 0 radical (unpaired) electrons. The minimum atomic E-state index is -0.612. The fourth-order valence-corrected chi connectivity index (χ4v) is 3.88. The summed E-state index contributed by atoms with van der Waals surface area (Å²) in [5.74, 6) is 1.29. The average molecular weight is 476 g/mol. The van der Waals surface area contributed by atoms with Crippen LogP contribution in [0.25, 0.3) is 16.7 Å². The number of nitrogens with one attached hydrogen (secondary N) is 1. The predicted octanol–water partition coefficient (Wildman–Crippen LogP) is 4.59. The van der Waals surface area contributed by atoms with Gasteiger partial charge in [-0.2, -0.15) is 5.10 Å². The van der Waals surface area contributed by atoms with E-state index < -0.39 is 6.03 Å². The lowest BCUT2D eigenvalue weighted by atomic mass is 9.92. The van der Waals surface area contributed by atoms with Crippen molar-refractivity contribution in [2.24, 2.45) is 5.73 Å². The van der Waals surface area contributed by atoms with Gasteiger partial charge in [-0.1, -0.05) is 32.9 Å². The number of aromatic amines is 1. The molecule has 0 aliphatic carbocycles. The van der Waals surface area contributed by atoms with E-state index in [0.717, 1.165) is 41.1 Å². The number of ether oxygens (including phenoxy) is 1. The SMILES string of the molecule is CN(C)CCCOc1ccc2c(c1)ncn2-c1ccccc1N(C(N)=O)c1cc(C(C)(C)C)n[nH]1. The van der Waals surface area contributed by atoms with Crippen molar-refractivity contribution in [2.75, 3.05) is 32.1 Å². The zero-order chi connectivity index (χ0) is 25.2. The Hall–Kier alpha value is -3.85. The van der Waals surface area contributed by atoms with E-state index in [1.165, 1.54) is 4.90 Å². The van der Waals surface area contributed by atoms with Gasteiger partial charge in [0.05, 0.1) is 34.7 Å². The largest absolute Gasteiger partial charge is 0.493 e. The Bertz CT molecular complexity index is 1320. The number of hydrogen-bond acceptors (Lipinski definition) is 5. The molecule has 0 aliphatic rings. The van der Waals surface area contributed by atoms with Crippen molar-refractivity contribution in [2.45, 2.75) is 32.6 Å². The third-order valence-corrected chi connectivity index (χ3v) is 5.71. The zero-order valence-corrected chi connectivity index (χ0v) is 20.9. The van der Waals surface area contributed by atoms with Crippen molar-refractivity contribution in [1.82, 2.24) is 24.6 Å². The summed E-state index contributed by atoms with van der Waals surface area (Å²) in [4.78, 5) is 20.8. The number of primary amides is 1. The Kier molecular flexibility index (Phi) is 6.79. The highest BCUT2D eigenvalue weighted by atomic mass is 16.5. The first-order valence-corrected chi connectivity index (χ1v) is 11.6. The highest BCUT2D eigenvalue weighted by Crippen LogP contribution is 2.34. The van der Waals surface area contributed by atoms with E-state index in [-0.39, 0.29) is 5.41 Å². The Morgan fingerprint density at radius 2 is 1.91 bits per heavy atom. The quantitative estimate of drug-likeness (QED) is 0.363. The molecule has 0 fully saturated rings. The standard InChI is InChI=1S/C26H33N7O2/c1-26(2,3)23-16-24(30-29-23)33(25(27)34)22-10-7-6-9-21(22)32-17-28-19-15-18(11-12-20(19)32)35-14-8-13-31(4)5/h6-7,9-12,15-17H,8,13-14H2,1-5H3,(H2,27,34)(H,29,30). The summed E-state index contributed by atoms with van der Waals surface area (Å²) in [6.45, 7) is 7.80. The number of nitrogens with two attached hydrogens (primary N) is 1. The normalized spacial score (nSPS) is 11.8. The molecule has 2 amide bonds. The molecule has 9 heteroatoms. The molecule has 0 saturated heterocycles. The third-order valence-electron chi connectivity index (χ3n) is 5.71. The maximum absolute atomic E-state index is 12.6. The van der Waals surface area contributed by atoms with Crippen LogP contribution in [0.15, 0.2) is 54.9 Å². The first kappa shape index (κ1) is 24.3. The number of urea groups is 1. The Morgan fingerprint density at radius 3 is 2.60 bits per heavy atom. The van der Waals surface area contributed by atoms with Gasteiger partial charge >= 0.3 is 6.03 Å². The highest BCUT2D eigenvalue weighted by molar-refractivity contribution is 6.00. The van der Waals surface area contributed by atoms with E-state index in [0.29, 0.717) is 18.1 Å². The van der Waals surface area contributed by atoms with Crippen LogP contribution in [0.3, 0.4) is 0 Å². The van der Waals surface area contributed by atoms with Crippen LogP contribution in [0.1, 0.15) is 32.9 Å². The van der Waals surface area contributed by atoms with Gasteiger partial charge < -0.3 is 15.4 Å². The average Bonchev–Trinajstić information content (AvgIpc) is 3.44. The minimum Gasteiger partial charge on any atom is -0.493 e. The molecular formula is C26H33N7O2. The number of rotatable bonds is 8. The lowest BCUT2D eigenvalue weighted by molar-refractivity contribution is 0.256. The second kappa shape index (κ2) is 9.79. The van der Waals surface area contributed by atoms with E-state index in [9.17, 15) is 4.79 Å². The molecule has 2 aromatic heterocycles. The second-order valence-electron chi connectivity index (χ2n) is 9.82. The summed E-state index contributed by atoms with van der Waals surface area (Å²) in [5.41, 5.74) is 9.58. The number of benzene rings is 2. The lowest BCUT2D eigenvalue weighted by Crippen LogP contribution is -2.32. The van der Waals surface area contributed by atoms with Gasteiger partial charge in [0.1, 0.15) is 17.9 Å². The van der Waals surface area contributed by atoms with Gasteiger partial charge in [0, 0.05) is 24.1 Å². The summed E-state index contributed by atoms with van der Waals surface area (Å²) in [5, 5.41) is 7.37. The molecule has 0 saturated carbocycles. The summed E-state index contributed by atoms with van der Waals surface area (Å²) in [6.07, 6.45) is 2.69. The van der Waals surface area contributed by atoms with Crippen molar-refractivity contribution >= 4 is 28.6 Å². The van der Waals surface area contributed by atoms with Crippen molar-refractivity contribution < 1.29 is 9.53 Å². The van der Waals surface area contributed by atoms with Crippen LogP contribution in [0, 0.1) is 0 Å². The zero-order valence-electron chi connectivity index (χ0n) is 20.9. The van der Waals surface area contributed by atoms with Crippen LogP contribution in [0.4, 0.5) is 16.3 Å². The summed E-state index contributed by atoms with van der Waals surface area (Å²) in [6, 6.07) is 14.7. The summed E-state index contributed by atoms with van der Waals surface area (Å²) < 4.78 is 7.85. The number of imidazole rings is 1. The van der Waals surface area contributed by atoms with E-state index >= 15 is 0 Å². The summed E-state index contributed by atoms with van der Waals surface area (Å²) in [7, 11) is 4.09. The number of para-hydroxylation sites is 2. The molecule has 184 valence electrons. The van der Waals surface area contributed by atoms with Gasteiger partial charge in [0.2, 0.25) is 0 Å². The molecule has 35 heavy (non-hydrogen) atoms. The number of carbonyl (C=O) groups is 1. The van der Waals surface area contributed by atoms with E-state index in [1.807, 2.05) is 67.2 Å². The van der Waals surface area contributed by atoms with E-state index in [4.69, 9.17) is 10.5 Å². The number of anilines is 2. The fraction of sp³-hybridized carbons (Fsp3) is 0.346. The highest BCUT2D eigenvalue weighted by Gasteiger charge is 2.25. The van der Waals surface area contributed by atoms with Gasteiger partial charge in [-0.15, -0.1) is 0 Å². The van der Waals surface area contributed by atoms with Gasteiger partial charge in [-0.3, -0.25) is 9.67 Å². The molecule has 0 atom stereocenters. The minimum absolute atomic E-state index is 0.176. The monoisotopic (exact) mass is 475 g/mol. The van der Waals surface area contributed by atoms with Gasteiger partial charge in [0.15, 0.2) is 0 Å². The number of aromatic nitrogens is 4. The molecule has 4 aromatic rings. The lowest BCUT2D eigenvalue weighted by Gasteiger charge is -2.22. The van der Waals surface area contributed by atoms with Gasteiger partial charge in [-0.25, -0.2) is 14.7 Å². The smallest absolute Gasteiger partial charge is 0.325 e. The maximum Gasteiger partial charge on any atom is 0.325 e. The van der Waals surface area contributed by atoms with E-state index in [2.05, 4.69) is 40.9 Å². The predicted molar refractivity (Wildman–Crippen MR) is 139 cm³/mol. The molecule has 2 heterocycles. The van der Waals surface area contributed by atoms with Crippen LogP contribution in [-0.4, -0.2) is 57.9 Å².